The van der Waals surface area contributed by atoms with Crippen molar-refractivity contribution in [1.29, 1.82) is 0 Å². The Labute approximate surface area is 169 Å². The van der Waals surface area contributed by atoms with Crippen molar-refractivity contribution in [2.75, 3.05) is 33.3 Å². The zero-order valence-electron chi connectivity index (χ0n) is 16.4. The Kier molecular flexibility index (Phi) is 5.87. The van der Waals surface area contributed by atoms with E-state index in [9.17, 15) is 8.78 Å². The molecule has 0 amide bonds. The maximum atomic E-state index is 13.4. The summed E-state index contributed by atoms with van der Waals surface area (Å²) in [4.78, 5) is 4.66. The summed E-state index contributed by atoms with van der Waals surface area (Å²) in [5.41, 5.74) is 2.99. The van der Waals surface area contributed by atoms with Crippen LogP contribution in [0.25, 0.3) is 5.69 Å². The first-order chi connectivity index (χ1) is 14.1. The first-order valence-electron chi connectivity index (χ1n) is 9.68. The fourth-order valence-electron chi connectivity index (χ4n) is 3.69. The van der Waals surface area contributed by atoms with Crippen molar-refractivity contribution in [1.82, 2.24) is 19.6 Å². The summed E-state index contributed by atoms with van der Waals surface area (Å²) in [5, 5.41) is 4.36. The second-order valence-corrected chi connectivity index (χ2v) is 7.25. The van der Waals surface area contributed by atoms with Gasteiger partial charge in [0.2, 0.25) is 0 Å². The SMILES string of the molecule is COc1ccc(-n2cccn2)c(CN2CCN(Cc3ccc(F)c(F)c3)CC2)c1. The Hall–Kier alpha value is -2.77. The minimum absolute atomic E-state index is 0.628. The summed E-state index contributed by atoms with van der Waals surface area (Å²) in [5.74, 6) is -0.761. The van der Waals surface area contributed by atoms with Gasteiger partial charge in [-0.05, 0) is 47.5 Å². The molecular weight excluding hydrogens is 374 g/mol. The summed E-state index contributed by atoms with van der Waals surface area (Å²) >= 11 is 0. The number of aromatic nitrogens is 2. The van der Waals surface area contributed by atoms with E-state index >= 15 is 0 Å². The largest absolute Gasteiger partial charge is 0.497 e. The molecule has 1 aliphatic rings. The lowest BCUT2D eigenvalue weighted by molar-refractivity contribution is 0.122. The maximum Gasteiger partial charge on any atom is 0.159 e. The predicted octanol–water partition coefficient (Wildman–Crippen LogP) is 3.48. The van der Waals surface area contributed by atoms with Gasteiger partial charge in [-0.3, -0.25) is 9.80 Å². The van der Waals surface area contributed by atoms with E-state index in [4.69, 9.17) is 4.74 Å². The number of hydrogen-bond donors (Lipinski definition) is 0. The van der Waals surface area contributed by atoms with Crippen LogP contribution in [0.1, 0.15) is 11.1 Å². The van der Waals surface area contributed by atoms with Crippen LogP contribution in [0.3, 0.4) is 0 Å². The molecule has 1 aromatic heterocycles. The van der Waals surface area contributed by atoms with Crippen molar-refractivity contribution in [3.05, 3.63) is 77.6 Å². The third-order valence-corrected chi connectivity index (χ3v) is 5.29. The minimum atomic E-state index is -0.801. The van der Waals surface area contributed by atoms with E-state index < -0.39 is 11.6 Å². The van der Waals surface area contributed by atoms with Crippen LogP contribution < -0.4 is 4.74 Å². The first kappa shape index (κ1) is 19.5. The van der Waals surface area contributed by atoms with Gasteiger partial charge in [0.05, 0.1) is 12.8 Å². The molecule has 1 fully saturated rings. The molecule has 4 rings (SSSR count). The molecule has 0 unspecified atom stereocenters. The van der Waals surface area contributed by atoms with Crippen molar-refractivity contribution in [3.63, 3.8) is 0 Å². The van der Waals surface area contributed by atoms with Gasteiger partial charge in [0.1, 0.15) is 5.75 Å². The van der Waals surface area contributed by atoms with Gasteiger partial charge in [0.25, 0.3) is 0 Å². The van der Waals surface area contributed by atoms with Gasteiger partial charge in [0.15, 0.2) is 11.6 Å². The molecule has 5 nitrogen and oxygen atoms in total. The highest BCUT2D eigenvalue weighted by molar-refractivity contribution is 5.45. The second-order valence-electron chi connectivity index (χ2n) is 7.25. The van der Waals surface area contributed by atoms with E-state index in [1.165, 1.54) is 12.1 Å². The number of ether oxygens (including phenoxy) is 1. The van der Waals surface area contributed by atoms with E-state index in [0.717, 1.165) is 55.3 Å². The van der Waals surface area contributed by atoms with Crippen LogP contribution in [0.5, 0.6) is 5.75 Å². The lowest BCUT2D eigenvalue weighted by atomic mass is 10.1. The molecule has 152 valence electrons. The van der Waals surface area contributed by atoms with Gasteiger partial charge >= 0.3 is 0 Å². The minimum Gasteiger partial charge on any atom is -0.497 e. The van der Waals surface area contributed by atoms with Crippen molar-refractivity contribution < 1.29 is 13.5 Å². The van der Waals surface area contributed by atoms with Gasteiger partial charge in [0, 0.05) is 51.7 Å². The topological polar surface area (TPSA) is 33.5 Å². The van der Waals surface area contributed by atoms with Gasteiger partial charge in [-0.15, -0.1) is 0 Å². The number of nitrogens with zero attached hydrogens (tertiary/aromatic N) is 4. The van der Waals surface area contributed by atoms with Crippen molar-refractivity contribution in [3.8, 4) is 11.4 Å². The lowest BCUT2D eigenvalue weighted by Crippen LogP contribution is -2.45. The fourth-order valence-corrected chi connectivity index (χ4v) is 3.69. The Bertz CT molecular complexity index is 953. The van der Waals surface area contributed by atoms with Crippen LogP contribution in [-0.4, -0.2) is 52.9 Å². The molecule has 1 saturated heterocycles. The van der Waals surface area contributed by atoms with E-state index in [2.05, 4.69) is 21.0 Å². The summed E-state index contributed by atoms with van der Waals surface area (Å²) in [6.45, 7) is 4.98. The van der Waals surface area contributed by atoms with Gasteiger partial charge in [-0.2, -0.15) is 5.10 Å². The molecule has 0 radical (unpaired) electrons. The molecule has 0 bridgehead atoms. The predicted molar refractivity (Wildman–Crippen MR) is 107 cm³/mol. The van der Waals surface area contributed by atoms with E-state index in [1.807, 2.05) is 29.1 Å². The van der Waals surface area contributed by atoms with Crippen LogP contribution >= 0.6 is 0 Å². The Morgan fingerprint density at radius 1 is 0.931 bits per heavy atom. The van der Waals surface area contributed by atoms with Crippen LogP contribution in [0, 0.1) is 11.6 Å². The highest BCUT2D eigenvalue weighted by Crippen LogP contribution is 2.23. The molecule has 2 aromatic carbocycles. The van der Waals surface area contributed by atoms with Crippen LogP contribution in [0.4, 0.5) is 8.78 Å². The highest BCUT2D eigenvalue weighted by Gasteiger charge is 2.19. The molecule has 0 aliphatic carbocycles. The van der Waals surface area contributed by atoms with Gasteiger partial charge in [-0.1, -0.05) is 6.07 Å². The van der Waals surface area contributed by atoms with Crippen molar-refractivity contribution in [2.45, 2.75) is 13.1 Å². The average molecular weight is 398 g/mol. The summed E-state index contributed by atoms with van der Waals surface area (Å²) in [6.07, 6.45) is 3.70. The monoisotopic (exact) mass is 398 g/mol. The fraction of sp³-hybridized carbons (Fsp3) is 0.318. The van der Waals surface area contributed by atoms with Crippen molar-refractivity contribution in [2.24, 2.45) is 0 Å². The Morgan fingerprint density at radius 2 is 1.69 bits per heavy atom. The van der Waals surface area contributed by atoms with Gasteiger partial charge in [-0.25, -0.2) is 13.5 Å². The van der Waals surface area contributed by atoms with Crippen LogP contribution in [0.15, 0.2) is 54.9 Å². The normalized spacial score (nSPS) is 15.6. The quantitative estimate of drug-likeness (QED) is 0.637. The zero-order chi connectivity index (χ0) is 20.2. The molecule has 3 aromatic rings. The summed E-state index contributed by atoms with van der Waals surface area (Å²) < 4.78 is 33.8. The van der Waals surface area contributed by atoms with Gasteiger partial charge < -0.3 is 4.74 Å². The van der Waals surface area contributed by atoms with Crippen molar-refractivity contribution >= 4 is 0 Å². The number of methoxy groups -OCH3 is 1. The molecule has 7 heteroatoms. The first-order valence-corrected chi connectivity index (χ1v) is 9.68. The number of piperazine rings is 1. The zero-order valence-corrected chi connectivity index (χ0v) is 16.4. The smallest absolute Gasteiger partial charge is 0.159 e. The molecule has 0 N–H and O–H groups in total. The third-order valence-electron chi connectivity index (χ3n) is 5.29. The molecule has 0 spiro atoms. The maximum absolute atomic E-state index is 13.4. The average Bonchev–Trinajstić information content (AvgIpc) is 3.27. The van der Waals surface area contributed by atoms with Crippen LogP contribution in [0.2, 0.25) is 0 Å². The number of rotatable bonds is 6. The molecule has 1 aliphatic heterocycles. The van der Waals surface area contributed by atoms with Crippen LogP contribution in [-0.2, 0) is 13.1 Å². The molecule has 29 heavy (non-hydrogen) atoms. The molecular formula is C22H24F2N4O. The number of hydrogen-bond acceptors (Lipinski definition) is 4. The molecule has 0 atom stereocenters. The lowest BCUT2D eigenvalue weighted by Gasteiger charge is -2.35. The molecule has 0 saturated carbocycles. The second kappa shape index (κ2) is 8.71. The summed E-state index contributed by atoms with van der Waals surface area (Å²) in [7, 11) is 1.67. The summed E-state index contributed by atoms with van der Waals surface area (Å²) in [6, 6.07) is 12.1. The molecule has 2 heterocycles. The van der Waals surface area contributed by atoms with E-state index in [-0.39, 0.29) is 0 Å². The Morgan fingerprint density at radius 3 is 2.34 bits per heavy atom. The number of benzene rings is 2. The highest BCUT2D eigenvalue weighted by atomic mass is 19.2. The standard InChI is InChI=1S/C22H24F2N4O/c1-29-19-4-6-22(28-8-2-7-25-28)18(14-19)16-27-11-9-26(10-12-27)15-17-3-5-20(23)21(24)13-17/h2-8,13-14H,9-12,15-16H2,1H3. The number of halogens is 2. The Balaban J connectivity index is 1.40. The van der Waals surface area contributed by atoms with E-state index in [1.54, 1.807) is 19.4 Å². The van der Waals surface area contributed by atoms with E-state index in [0.29, 0.717) is 6.54 Å². The third kappa shape index (κ3) is 4.63.